The van der Waals surface area contributed by atoms with Crippen LogP contribution in [0.4, 0.5) is 5.69 Å². The predicted octanol–water partition coefficient (Wildman–Crippen LogP) is 3.67. The maximum atomic E-state index is 12.5. The van der Waals surface area contributed by atoms with Crippen molar-refractivity contribution >= 4 is 23.4 Å². The average Bonchev–Trinajstić information content (AvgIpc) is 3.14. The highest BCUT2D eigenvalue weighted by atomic mass is 32.2. The molecule has 1 amide bonds. The molecule has 7 heteroatoms. The van der Waals surface area contributed by atoms with E-state index in [1.54, 1.807) is 18.9 Å². The van der Waals surface area contributed by atoms with Gasteiger partial charge in [0.25, 0.3) is 5.91 Å². The summed E-state index contributed by atoms with van der Waals surface area (Å²) in [5.41, 5.74) is 3.41. The summed E-state index contributed by atoms with van der Waals surface area (Å²) in [5, 5.41) is 10.3. The normalized spacial score (nSPS) is 10.5. The summed E-state index contributed by atoms with van der Waals surface area (Å²) in [7, 11) is 1.58. The maximum absolute atomic E-state index is 12.5. The number of carbonyl (C=O) groups excluding carboxylic acids is 1. The Bertz CT molecular complexity index is 848. The van der Waals surface area contributed by atoms with E-state index < -0.39 is 0 Å². The summed E-state index contributed by atoms with van der Waals surface area (Å²) >= 11 is 1.56. The molecule has 0 spiro atoms. The molecule has 1 heterocycles. The van der Waals surface area contributed by atoms with Crippen molar-refractivity contribution in [3.05, 3.63) is 65.5 Å². The maximum Gasteiger partial charge on any atom is 0.255 e. The molecule has 0 fully saturated rings. The Balaban J connectivity index is 1.65. The molecule has 2 N–H and O–H groups in total. The highest BCUT2D eigenvalue weighted by Crippen LogP contribution is 2.26. The molecule has 128 valence electrons. The van der Waals surface area contributed by atoms with E-state index in [-0.39, 0.29) is 5.91 Å². The van der Waals surface area contributed by atoms with Crippen LogP contribution in [0.2, 0.25) is 0 Å². The number of H-pyrrole nitrogens is 1. The molecular weight excluding hydrogens is 336 g/mol. The van der Waals surface area contributed by atoms with Crippen LogP contribution in [-0.2, 0) is 5.75 Å². The molecule has 3 rings (SSSR count). The minimum Gasteiger partial charge on any atom is -0.495 e. The summed E-state index contributed by atoms with van der Waals surface area (Å²) in [6, 6.07) is 13.2. The fraction of sp³-hybridized carbons (Fsp3) is 0.167. The number of rotatable bonds is 6. The van der Waals surface area contributed by atoms with Crippen LogP contribution in [0.15, 0.2) is 53.9 Å². The average molecular weight is 354 g/mol. The van der Waals surface area contributed by atoms with Crippen LogP contribution >= 0.6 is 11.8 Å². The van der Waals surface area contributed by atoms with Gasteiger partial charge in [0, 0.05) is 11.3 Å². The third-order valence-corrected chi connectivity index (χ3v) is 4.54. The van der Waals surface area contributed by atoms with Crippen molar-refractivity contribution in [1.29, 1.82) is 0 Å². The number of benzene rings is 2. The van der Waals surface area contributed by atoms with Crippen molar-refractivity contribution in [2.24, 2.45) is 0 Å². The summed E-state index contributed by atoms with van der Waals surface area (Å²) in [4.78, 5) is 16.5. The summed E-state index contributed by atoms with van der Waals surface area (Å²) in [6.07, 6.45) is 1.48. The zero-order chi connectivity index (χ0) is 17.6. The Morgan fingerprint density at radius 2 is 2.04 bits per heavy atom. The van der Waals surface area contributed by atoms with Crippen molar-refractivity contribution in [2.45, 2.75) is 17.8 Å². The second-order valence-electron chi connectivity index (χ2n) is 5.43. The van der Waals surface area contributed by atoms with Crippen molar-refractivity contribution in [3.8, 4) is 5.75 Å². The first-order chi connectivity index (χ1) is 12.2. The monoisotopic (exact) mass is 354 g/mol. The molecule has 0 aliphatic rings. The number of aromatic nitrogens is 3. The van der Waals surface area contributed by atoms with E-state index in [1.807, 2.05) is 49.4 Å². The number of thioether (sulfide) groups is 1. The Hall–Kier alpha value is -2.80. The van der Waals surface area contributed by atoms with E-state index in [0.717, 1.165) is 22.0 Å². The topological polar surface area (TPSA) is 79.9 Å². The predicted molar refractivity (Wildman–Crippen MR) is 98.1 cm³/mol. The third-order valence-electron chi connectivity index (χ3n) is 3.59. The van der Waals surface area contributed by atoms with Gasteiger partial charge < -0.3 is 10.1 Å². The standard InChI is InChI=1S/C18H18N4O2S/c1-12-3-8-16(24-2)15(9-12)21-17(23)14-6-4-13(5-7-14)10-25-18-19-11-20-22-18/h3-9,11H,10H2,1-2H3,(H,21,23)(H,19,20,22). The minimum absolute atomic E-state index is 0.168. The van der Waals surface area contributed by atoms with Crippen LogP contribution in [0.5, 0.6) is 5.75 Å². The van der Waals surface area contributed by atoms with Gasteiger partial charge in [-0.15, -0.1) is 0 Å². The van der Waals surface area contributed by atoms with Gasteiger partial charge in [-0.3, -0.25) is 9.89 Å². The fourth-order valence-electron chi connectivity index (χ4n) is 2.28. The molecule has 3 aromatic rings. The van der Waals surface area contributed by atoms with E-state index in [4.69, 9.17) is 4.74 Å². The molecule has 6 nitrogen and oxygen atoms in total. The number of methoxy groups -OCH3 is 1. The second-order valence-corrected chi connectivity index (χ2v) is 6.40. The van der Waals surface area contributed by atoms with E-state index in [9.17, 15) is 4.79 Å². The van der Waals surface area contributed by atoms with E-state index in [1.165, 1.54) is 6.33 Å². The van der Waals surface area contributed by atoms with Crippen LogP contribution in [0.3, 0.4) is 0 Å². The van der Waals surface area contributed by atoms with E-state index >= 15 is 0 Å². The van der Waals surface area contributed by atoms with Crippen molar-refractivity contribution in [2.75, 3.05) is 12.4 Å². The smallest absolute Gasteiger partial charge is 0.255 e. The van der Waals surface area contributed by atoms with Crippen LogP contribution in [0, 0.1) is 6.92 Å². The quantitative estimate of drug-likeness (QED) is 0.660. The Kier molecular flexibility index (Phi) is 5.35. The molecular formula is C18H18N4O2S. The molecule has 0 aliphatic carbocycles. The lowest BCUT2D eigenvalue weighted by atomic mass is 10.1. The number of ether oxygens (including phenoxy) is 1. The second kappa shape index (κ2) is 7.85. The first kappa shape index (κ1) is 17.0. The summed E-state index contributed by atoms with van der Waals surface area (Å²) in [5.74, 6) is 1.22. The lowest BCUT2D eigenvalue weighted by Gasteiger charge is -2.11. The van der Waals surface area contributed by atoms with E-state index in [0.29, 0.717) is 17.0 Å². The lowest BCUT2D eigenvalue weighted by molar-refractivity contribution is 0.102. The molecule has 1 aromatic heterocycles. The highest BCUT2D eigenvalue weighted by molar-refractivity contribution is 7.98. The zero-order valence-electron chi connectivity index (χ0n) is 13.9. The molecule has 0 unspecified atom stereocenters. The fourth-order valence-corrected chi connectivity index (χ4v) is 3.02. The first-order valence-electron chi connectivity index (χ1n) is 7.69. The first-order valence-corrected chi connectivity index (χ1v) is 8.67. The summed E-state index contributed by atoms with van der Waals surface area (Å²) in [6.45, 7) is 1.97. The van der Waals surface area contributed by atoms with Crippen molar-refractivity contribution in [1.82, 2.24) is 15.2 Å². The number of aryl methyl sites for hydroxylation is 1. The highest BCUT2D eigenvalue weighted by Gasteiger charge is 2.10. The SMILES string of the molecule is COc1ccc(C)cc1NC(=O)c1ccc(CSc2ncn[nH]2)cc1. The molecule has 0 bridgehead atoms. The number of carbonyl (C=O) groups is 1. The van der Waals surface area contributed by atoms with Crippen molar-refractivity contribution in [3.63, 3.8) is 0 Å². The van der Waals surface area contributed by atoms with Gasteiger partial charge in [0.15, 0.2) is 5.16 Å². The van der Waals surface area contributed by atoms with Gasteiger partial charge in [-0.25, -0.2) is 4.98 Å². The van der Waals surface area contributed by atoms with Crippen LogP contribution in [-0.4, -0.2) is 28.2 Å². The Labute approximate surface area is 150 Å². The molecule has 0 aliphatic heterocycles. The molecule has 0 saturated carbocycles. The van der Waals surface area contributed by atoms with Gasteiger partial charge in [-0.1, -0.05) is 30.0 Å². The molecule has 2 aromatic carbocycles. The van der Waals surface area contributed by atoms with Gasteiger partial charge in [0.05, 0.1) is 12.8 Å². The van der Waals surface area contributed by atoms with E-state index in [2.05, 4.69) is 20.5 Å². The molecule has 0 saturated heterocycles. The molecule has 25 heavy (non-hydrogen) atoms. The number of nitrogens with zero attached hydrogens (tertiary/aromatic N) is 2. The summed E-state index contributed by atoms with van der Waals surface area (Å²) < 4.78 is 5.29. The van der Waals surface area contributed by atoms with Crippen molar-refractivity contribution < 1.29 is 9.53 Å². The van der Waals surface area contributed by atoms with Crippen LogP contribution < -0.4 is 10.1 Å². The Morgan fingerprint density at radius 1 is 1.24 bits per heavy atom. The number of aromatic amines is 1. The number of amides is 1. The number of nitrogens with one attached hydrogen (secondary N) is 2. The number of hydrogen-bond acceptors (Lipinski definition) is 5. The molecule has 0 atom stereocenters. The largest absolute Gasteiger partial charge is 0.495 e. The van der Waals surface area contributed by atoms with Gasteiger partial charge >= 0.3 is 0 Å². The number of hydrogen-bond donors (Lipinski definition) is 2. The van der Waals surface area contributed by atoms with Crippen LogP contribution in [0.25, 0.3) is 0 Å². The van der Waals surface area contributed by atoms with Gasteiger partial charge in [-0.2, -0.15) is 5.10 Å². The van der Waals surface area contributed by atoms with Gasteiger partial charge in [0.1, 0.15) is 12.1 Å². The Morgan fingerprint density at radius 3 is 2.72 bits per heavy atom. The molecule has 0 radical (unpaired) electrons. The minimum atomic E-state index is -0.168. The third kappa shape index (κ3) is 4.39. The number of anilines is 1. The van der Waals surface area contributed by atoms with Gasteiger partial charge in [-0.05, 0) is 42.3 Å². The van der Waals surface area contributed by atoms with Gasteiger partial charge in [0.2, 0.25) is 0 Å². The van der Waals surface area contributed by atoms with Crippen LogP contribution in [0.1, 0.15) is 21.5 Å². The zero-order valence-corrected chi connectivity index (χ0v) is 14.8. The lowest BCUT2D eigenvalue weighted by Crippen LogP contribution is -2.12.